The lowest BCUT2D eigenvalue weighted by Gasteiger charge is -2.33. The fourth-order valence-electron chi connectivity index (χ4n) is 6.72. The van der Waals surface area contributed by atoms with Gasteiger partial charge in [0.05, 0.1) is 0 Å². The van der Waals surface area contributed by atoms with E-state index in [1.165, 1.54) is 24.0 Å². The van der Waals surface area contributed by atoms with E-state index in [0.29, 0.717) is 23.7 Å². The molecule has 0 saturated heterocycles. The minimum absolute atomic E-state index is 0.0136. The molecule has 2 aliphatic rings. The van der Waals surface area contributed by atoms with Crippen molar-refractivity contribution in [2.75, 3.05) is 13.7 Å². The summed E-state index contributed by atoms with van der Waals surface area (Å²) in [7, 11) is 1.63. The van der Waals surface area contributed by atoms with Crippen molar-refractivity contribution in [2.45, 2.75) is 84.3 Å². The highest BCUT2D eigenvalue weighted by Gasteiger charge is 2.43. The van der Waals surface area contributed by atoms with Crippen LogP contribution in [0.2, 0.25) is 0 Å². The van der Waals surface area contributed by atoms with Crippen LogP contribution < -0.4 is 10.1 Å². The monoisotopic (exact) mass is 535 g/mol. The molecule has 4 rings (SSSR count). The van der Waals surface area contributed by atoms with Crippen molar-refractivity contribution < 1.29 is 23.8 Å². The Hall–Kier alpha value is -3.02. The number of carbonyl (C=O) groups is 2. The number of fused-ring (bicyclic) bond motifs is 2. The quantitative estimate of drug-likeness (QED) is 0.224. The largest absolute Gasteiger partial charge is 0.482 e. The fraction of sp³-hybridized carbons (Fsp3) is 0.576. The lowest BCUT2D eigenvalue weighted by molar-refractivity contribution is -0.147. The molecule has 0 unspecified atom stereocenters. The second-order valence-corrected chi connectivity index (χ2v) is 11.4. The van der Waals surface area contributed by atoms with Gasteiger partial charge in [-0.3, -0.25) is 0 Å². The molecule has 1 amide bonds. The van der Waals surface area contributed by atoms with E-state index in [-0.39, 0.29) is 31.4 Å². The van der Waals surface area contributed by atoms with Crippen LogP contribution in [0.25, 0.3) is 0 Å². The maximum Gasteiger partial charge on any atom is 0.407 e. The van der Waals surface area contributed by atoms with Gasteiger partial charge < -0.3 is 19.5 Å². The van der Waals surface area contributed by atoms with Crippen molar-refractivity contribution in [1.82, 2.24) is 5.32 Å². The Morgan fingerprint density at radius 3 is 2.62 bits per heavy atom. The molecular weight excluding hydrogens is 490 g/mol. The lowest BCUT2D eigenvalue weighted by atomic mass is 9.73. The molecule has 2 aliphatic carbocycles. The zero-order valence-corrected chi connectivity index (χ0v) is 23.8. The number of alkyl carbamates (subject to hydrolysis) is 1. The minimum atomic E-state index is -0.354. The third-order valence-corrected chi connectivity index (χ3v) is 8.73. The van der Waals surface area contributed by atoms with Gasteiger partial charge in [-0.1, -0.05) is 69.2 Å². The third kappa shape index (κ3) is 8.00. The van der Waals surface area contributed by atoms with Crippen LogP contribution in [0.3, 0.4) is 0 Å². The molecule has 0 aliphatic heterocycles. The number of carbonyl (C=O) groups excluding carboxylic acids is 2. The average Bonchev–Trinajstić information content (AvgIpc) is 3.26. The molecule has 0 spiro atoms. The Kier molecular flexibility index (Phi) is 10.7. The predicted octanol–water partition coefficient (Wildman–Crippen LogP) is 6.88. The smallest absolute Gasteiger partial charge is 0.407 e. The second kappa shape index (κ2) is 14.4. The zero-order valence-electron chi connectivity index (χ0n) is 23.8. The van der Waals surface area contributed by atoms with E-state index < -0.39 is 0 Å². The van der Waals surface area contributed by atoms with E-state index in [1.54, 1.807) is 7.05 Å². The number of esters is 1. The molecule has 1 fully saturated rings. The second-order valence-electron chi connectivity index (χ2n) is 11.4. The van der Waals surface area contributed by atoms with Gasteiger partial charge in [0, 0.05) is 7.05 Å². The summed E-state index contributed by atoms with van der Waals surface area (Å²) in [6, 6.07) is 15.9. The highest BCUT2D eigenvalue weighted by Crippen LogP contribution is 2.51. The number of rotatable bonds is 13. The Morgan fingerprint density at radius 1 is 1.03 bits per heavy atom. The van der Waals surface area contributed by atoms with Crippen LogP contribution in [0, 0.1) is 23.7 Å². The summed E-state index contributed by atoms with van der Waals surface area (Å²) in [6.07, 6.45) is 9.29. The van der Waals surface area contributed by atoms with Gasteiger partial charge in [-0.25, -0.2) is 9.59 Å². The summed E-state index contributed by atoms with van der Waals surface area (Å²) in [5.74, 6) is 2.98. The van der Waals surface area contributed by atoms with Gasteiger partial charge in [-0.05, 0) is 91.4 Å². The first-order valence-electron chi connectivity index (χ1n) is 14.8. The summed E-state index contributed by atoms with van der Waals surface area (Å²) in [6.45, 7) is 4.76. The van der Waals surface area contributed by atoms with E-state index in [0.717, 1.165) is 56.3 Å². The van der Waals surface area contributed by atoms with E-state index in [2.05, 4.69) is 25.2 Å². The Labute approximate surface area is 233 Å². The molecule has 39 heavy (non-hydrogen) atoms. The van der Waals surface area contributed by atoms with E-state index >= 15 is 0 Å². The van der Waals surface area contributed by atoms with E-state index in [1.807, 2.05) is 42.5 Å². The van der Waals surface area contributed by atoms with Crippen molar-refractivity contribution in [3.8, 4) is 5.75 Å². The molecule has 212 valence electrons. The molecule has 5 atom stereocenters. The zero-order chi connectivity index (χ0) is 27.6. The summed E-state index contributed by atoms with van der Waals surface area (Å²) in [4.78, 5) is 24.3. The molecular formula is C33H45NO5. The highest BCUT2D eigenvalue weighted by molar-refractivity contribution is 5.71. The standard InChI is InChI=1S/C33H45NO5/c1-4-5-7-14-27(39-33(36)34-3)16-17-28-23(2)18-26-20-30-25(19-29(26)28)13-10-15-31(30)37-22-32(35)38-21-24-11-8-6-9-12-24/h6,8-13,15,23,26-29H,4-5,7,14,16-22H2,1-3H3,(H,34,36)/t23-,26-,27+,28+,29+/m1/s1. The van der Waals surface area contributed by atoms with E-state index in [9.17, 15) is 9.59 Å². The maximum atomic E-state index is 12.3. The first kappa shape index (κ1) is 29.0. The van der Waals surface area contributed by atoms with Gasteiger partial charge in [0.15, 0.2) is 6.61 Å². The minimum Gasteiger partial charge on any atom is -0.482 e. The van der Waals surface area contributed by atoms with Crippen molar-refractivity contribution in [3.63, 3.8) is 0 Å². The summed E-state index contributed by atoms with van der Waals surface area (Å²) < 4.78 is 17.1. The highest BCUT2D eigenvalue weighted by atomic mass is 16.6. The summed E-state index contributed by atoms with van der Waals surface area (Å²) in [5, 5.41) is 2.61. The van der Waals surface area contributed by atoms with Crippen LogP contribution in [0.15, 0.2) is 48.5 Å². The number of benzene rings is 2. The lowest BCUT2D eigenvalue weighted by Crippen LogP contribution is -2.29. The van der Waals surface area contributed by atoms with Crippen molar-refractivity contribution >= 4 is 12.1 Å². The fourth-order valence-corrected chi connectivity index (χ4v) is 6.72. The normalized spacial score (nSPS) is 22.3. The van der Waals surface area contributed by atoms with Crippen molar-refractivity contribution in [3.05, 3.63) is 65.2 Å². The molecule has 0 bridgehead atoms. The SMILES string of the molecule is CCCCC[C@@H](CC[C@@H]1[C@H]2Cc3cccc(OCC(=O)OCc4ccccc4)c3C[C@H]2C[C@H]1C)OC(=O)NC. The maximum absolute atomic E-state index is 12.3. The van der Waals surface area contributed by atoms with Crippen molar-refractivity contribution in [1.29, 1.82) is 0 Å². The van der Waals surface area contributed by atoms with Crippen LogP contribution in [0.1, 0.15) is 75.5 Å². The van der Waals surface area contributed by atoms with Gasteiger partial charge in [0.1, 0.15) is 18.5 Å². The number of unbranched alkanes of at least 4 members (excludes halogenated alkanes) is 2. The summed E-state index contributed by atoms with van der Waals surface area (Å²) >= 11 is 0. The van der Waals surface area contributed by atoms with Crippen LogP contribution >= 0.6 is 0 Å². The van der Waals surface area contributed by atoms with Crippen LogP contribution in [-0.4, -0.2) is 31.8 Å². The van der Waals surface area contributed by atoms with Gasteiger partial charge >= 0.3 is 12.1 Å². The molecule has 1 saturated carbocycles. The molecule has 2 aromatic rings. The van der Waals surface area contributed by atoms with Crippen LogP contribution in [0.5, 0.6) is 5.75 Å². The number of hydrogen-bond donors (Lipinski definition) is 1. The van der Waals surface area contributed by atoms with Crippen LogP contribution in [-0.2, 0) is 33.7 Å². The molecule has 1 N–H and O–H groups in total. The number of ether oxygens (including phenoxy) is 3. The Bertz CT molecular complexity index is 1070. The van der Waals surface area contributed by atoms with Gasteiger partial charge in [-0.2, -0.15) is 0 Å². The number of amides is 1. The molecule has 0 radical (unpaired) electrons. The molecule has 6 nitrogen and oxygen atoms in total. The summed E-state index contributed by atoms with van der Waals surface area (Å²) in [5.41, 5.74) is 3.56. The predicted molar refractivity (Wildman–Crippen MR) is 153 cm³/mol. The molecule has 0 aromatic heterocycles. The third-order valence-electron chi connectivity index (χ3n) is 8.73. The average molecular weight is 536 g/mol. The Morgan fingerprint density at radius 2 is 1.85 bits per heavy atom. The topological polar surface area (TPSA) is 73.9 Å². The molecule has 2 aromatic carbocycles. The first-order valence-corrected chi connectivity index (χ1v) is 14.8. The Balaban J connectivity index is 1.34. The first-order chi connectivity index (χ1) is 19.0. The number of nitrogens with one attached hydrogen (secondary N) is 1. The molecule has 0 heterocycles. The van der Waals surface area contributed by atoms with Gasteiger partial charge in [0.2, 0.25) is 0 Å². The van der Waals surface area contributed by atoms with Crippen LogP contribution in [0.4, 0.5) is 4.79 Å². The molecule has 6 heteroatoms. The van der Waals surface area contributed by atoms with Crippen molar-refractivity contribution in [2.24, 2.45) is 23.7 Å². The number of hydrogen-bond acceptors (Lipinski definition) is 5. The van der Waals surface area contributed by atoms with Gasteiger partial charge in [-0.15, -0.1) is 0 Å². The van der Waals surface area contributed by atoms with E-state index in [4.69, 9.17) is 14.2 Å². The van der Waals surface area contributed by atoms with Gasteiger partial charge in [0.25, 0.3) is 0 Å².